The largest absolute Gasteiger partial charge is 0.383 e. The van der Waals surface area contributed by atoms with Gasteiger partial charge in [-0.1, -0.05) is 99.3 Å². The Morgan fingerprint density at radius 2 is 1.31 bits per heavy atom. The van der Waals surface area contributed by atoms with Crippen molar-refractivity contribution >= 4 is 23.7 Å². The summed E-state index contributed by atoms with van der Waals surface area (Å²) >= 11 is 0. The number of carbonyl (C=O) groups excluding carboxylic acids is 1. The molecule has 0 unspecified atom stereocenters. The van der Waals surface area contributed by atoms with Crippen LogP contribution in [-0.2, 0) is 4.57 Å². The molecule has 0 aromatic heterocycles. The Bertz CT molecular complexity index is 965. The van der Waals surface area contributed by atoms with Crippen molar-refractivity contribution in [3.8, 4) is 0 Å². The molecule has 168 valence electrons. The smallest absolute Gasteiger partial charge is 0.204 e. The first kappa shape index (κ1) is 24.1. The van der Waals surface area contributed by atoms with Crippen molar-refractivity contribution in [3.63, 3.8) is 0 Å². The fraction of sp³-hybridized carbons (Fsp3) is 0.296. The molecule has 0 aliphatic heterocycles. The summed E-state index contributed by atoms with van der Waals surface area (Å²) in [6.45, 7) is 2.14. The maximum atomic E-state index is 14.4. The molecule has 3 rings (SSSR count). The minimum Gasteiger partial charge on any atom is -0.383 e. The third-order valence-corrected chi connectivity index (χ3v) is 8.41. The van der Waals surface area contributed by atoms with Crippen LogP contribution in [0.5, 0.6) is 0 Å². The van der Waals surface area contributed by atoms with E-state index in [4.69, 9.17) is 0 Å². The van der Waals surface area contributed by atoms with Crippen LogP contribution in [0.2, 0.25) is 0 Å². The SMILES string of the molecule is CCCCCC[C@H](NP(=O)(c1ccccc1)c1ccccc1)[C@H](O)C(=O)c1ccccc1. The van der Waals surface area contributed by atoms with E-state index in [1.807, 2.05) is 66.7 Å². The van der Waals surface area contributed by atoms with Crippen LogP contribution in [0.25, 0.3) is 0 Å². The molecule has 0 saturated heterocycles. The fourth-order valence-corrected chi connectivity index (χ4v) is 6.37. The average Bonchev–Trinajstić information content (AvgIpc) is 2.86. The van der Waals surface area contributed by atoms with Crippen LogP contribution >= 0.6 is 7.29 Å². The van der Waals surface area contributed by atoms with Crippen LogP contribution in [0, 0.1) is 0 Å². The first-order chi connectivity index (χ1) is 15.6. The zero-order valence-electron chi connectivity index (χ0n) is 18.6. The van der Waals surface area contributed by atoms with Gasteiger partial charge in [0.2, 0.25) is 7.29 Å². The number of nitrogens with one attached hydrogen (secondary N) is 1. The molecule has 0 amide bonds. The Balaban J connectivity index is 1.94. The van der Waals surface area contributed by atoms with Crippen molar-refractivity contribution in [3.05, 3.63) is 96.6 Å². The van der Waals surface area contributed by atoms with E-state index in [1.165, 1.54) is 0 Å². The number of aliphatic hydroxyl groups is 1. The number of ketones is 1. The van der Waals surface area contributed by atoms with E-state index in [0.717, 1.165) is 25.7 Å². The van der Waals surface area contributed by atoms with Crippen LogP contribution in [0.4, 0.5) is 0 Å². The Kier molecular flexibility index (Phi) is 8.99. The highest BCUT2D eigenvalue weighted by Crippen LogP contribution is 2.40. The van der Waals surface area contributed by atoms with Crippen LogP contribution in [0.1, 0.15) is 49.4 Å². The van der Waals surface area contributed by atoms with Crippen molar-refractivity contribution in [1.82, 2.24) is 5.09 Å². The molecule has 0 aliphatic carbocycles. The Morgan fingerprint density at radius 1 is 0.812 bits per heavy atom. The van der Waals surface area contributed by atoms with Gasteiger partial charge in [-0.3, -0.25) is 14.4 Å². The zero-order chi connectivity index (χ0) is 22.8. The standard InChI is InChI=1S/C27H32NO3P/c1-2-3-4-14-21-25(27(30)26(29)22-15-8-5-9-16-22)28-32(31,23-17-10-6-11-18-23)24-19-12-7-13-20-24/h5-13,15-20,25,27,30H,2-4,14,21H2,1H3,(H,28,31)/t25-,27-/m0/s1. The van der Waals surface area contributed by atoms with Gasteiger partial charge in [0.05, 0.1) is 0 Å². The first-order valence-corrected chi connectivity index (χ1v) is 13.0. The minimum absolute atomic E-state index is 0.355. The lowest BCUT2D eigenvalue weighted by atomic mass is 9.97. The lowest BCUT2D eigenvalue weighted by molar-refractivity contribution is 0.0669. The lowest BCUT2D eigenvalue weighted by Crippen LogP contribution is -2.46. The summed E-state index contributed by atoms with van der Waals surface area (Å²) in [6, 6.07) is 26.7. The predicted octanol–water partition coefficient (Wildman–Crippen LogP) is 5.09. The van der Waals surface area contributed by atoms with Gasteiger partial charge in [0.1, 0.15) is 6.10 Å². The maximum Gasteiger partial charge on any atom is 0.204 e. The molecular formula is C27H32NO3P. The van der Waals surface area contributed by atoms with Crippen LogP contribution in [0.15, 0.2) is 91.0 Å². The number of Topliss-reactive ketones (excluding diaryl/α,β-unsaturated/α-hetero) is 1. The Hall–Kier alpha value is -2.52. The highest BCUT2D eigenvalue weighted by molar-refractivity contribution is 7.76. The number of carbonyl (C=O) groups is 1. The Labute approximate surface area is 191 Å². The van der Waals surface area contributed by atoms with Crippen LogP contribution in [0.3, 0.4) is 0 Å². The van der Waals surface area contributed by atoms with E-state index in [-0.39, 0.29) is 5.78 Å². The van der Waals surface area contributed by atoms with Crippen molar-refractivity contribution in [2.24, 2.45) is 0 Å². The van der Waals surface area contributed by atoms with Crippen molar-refractivity contribution in [2.75, 3.05) is 0 Å². The summed E-state index contributed by atoms with van der Waals surface area (Å²) in [5.74, 6) is -0.355. The van der Waals surface area contributed by atoms with Gasteiger partial charge >= 0.3 is 0 Å². The van der Waals surface area contributed by atoms with Crippen molar-refractivity contribution in [2.45, 2.75) is 51.2 Å². The van der Waals surface area contributed by atoms with E-state index in [0.29, 0.717) is 22.6 Å². The molecule has 2 atom stereocenters. The van der Waals surface area contributed by atoms with E-state index < -0.39 is 19.4 Å². The maximum absolute atomic E-state index is 14.4. The molecule has 0 saturated carbocycles. The molecule has 0 radical (unpaired) electrons. The molecule has 3 aromatic carbocycles. The molecule has 0 fully saturated rings. The van der Waals surface area contributed by atoms with Gasteiger partial charge in [-0.25, -0.2) is 0 Å². The third-order valence-electron chi connectivity index (χ3n) is 5.66. The molecular weight excluding hydrogens is 417 g/mol. The zero-order valence-corrected chi connectivity index (χ0v) is 19.5. The number of hydrogen-bond acceptors (Lipinski definition) is 3. The average molecular weight is 450 g/mol. The molecule has 0 bridgehead atoms. The second-order valence-corrected chi connectivity index (χ2v) is 10.5. The molecule has 0 spiro atoms. The summed E-state index contributed by atoms with van der Waals surface area (Å²) < 4.78 is 14.4. The monoisotopic (exact) mass is 449 g/mol. The molecule has 4 nitrogen and oxygen atoms in total. The normalized spacial score (nSPS) is 13.4. The quantitative estimate of drug-likeness (QED) is 0.230. The molecule has 32 heavy (non-hydrogen) atoms. The lowest BCUT2D eigenvalue weighted by Gasteiger charge is -2.29. The summed E-state index contributed by atoms with van der Waals surface area (Å²) in [4.78, 5) is 13.1. The van der Waals surface area contributed by atoms with Crippen molar-refractivity contribution in [1.29, 1.82) is 0 Å². The number of hydrogen-bond donors (Lipinski definition) is 2. The van der Waals surface area contributed by atoms with E-state index in [2.05, 4.69) is 12.0 Å². The Morgan fingerprint density at radius 3 is 1.81 bits per heavy atom. The molecule has 5 heteroatoms. The summed E-state index contributed by atoms with van der Waals surface area (Å²) in [6.07, 6.45) is 3.29. The van der Waals surface area contributed by atoms with Gasteiger partial charge in [-0.15, -0.1) is 0 Å². The number of benzene rings is 3. The third kappa shape index (κ3) is 6.04. The number of aliphatic hydroxyl groups excluding tert-OH is 1. The molecule has 0 aliphatic rings. The number of rotatable bonds is 12. The van der Waals surface area contributed by atoms with Crippen molar-refractivity contribution < 1.29 is 14.5 Å². The van der Waals surface area contributed by atoms with Gasteiger partial charge in [0.25, 0.3) is 0 Å². The minimum atomic E-state index is -3.28. The van der Waals surface area contributed by atoms with Crippen LogP contribution < -0.4 is 15.7 Å². The van der Waals surface area contributed by atoms with E-state index in [9.17, 15) is 14.5 Å². The second-order valence-electron chi connectivity index (χ2n) is 8.04. The first-order valence-electron chi connectivity index (χ1n) is 11.3. The summed E-state index contributed by atoms with van der Waals surface area (Å²) in [5, 5.41) is 15.7. The molecule has 0 heterocycles. The second kappa shape index (κ2) is 11.9. The van der Waals surface area contributed by atoms with Gasteiger partial charge in [-0.05, 0) is 30.7 Å². The van der Waals surface area contributed by atoms with Gasteiger partial charge in [-0.2, -0.15) is 0 Å². The van der Waals surface area contributed by atoms with E-state index in [1.54, 1.807) is 24.3 Å². The van der Waals surface area contributed by atoms with Crippen LogP contribution in [-0.4, -0.2) is 23.0 Å². The highest BCUT2D eigenvalue weighted by atomic mass is 31.2. The fourth-order valence-electron chi connectivity index (χ4n) is 3.85. The van der Waals surface area contributed by atoms with Gasteiger partial charge in [0.15, 0.2) is 5.78 Å². The summed E-state index contributed by atoms with van der Waals surface area (Å²) in [7, 11) is -3.28. The predicted molar refractivity (Wildman–Crippen MR) is 132 cm³/mol. The van der Waals surface area contributed by atoms with Gasteiger partial charge in [0, 0.05) is 22.2 Å². The molecule has 3 aromatic rings. The summed E-state index contributed by atoms with van der Waals surface area (Å²) in [5.41, 5.74) is 0.453. The number of unbranched alkanes of at least 4 members (excludes halogenated alkanes) is 3. The highest BCUT2D eigenvalue weighted by Gasteiger charge is 2.35. The molecule has 2 N–H and O–H groups in total. The van der Waals surface area contributed by atoms with E-state index >= 15 is 0 Å². The topological polar surface area (TPSA) is 66.4 Å². The van der Waals surface area contributed by atoms with Gasteiger partial charge < -0.3 is 5.11 Å².